The SMILES string of the molecule is CS(=O)(=O)c1ccc(C[NH])cn1. The van der Waals surface area contributed by atoms with Crippen LogP contribution >= 0.6 is 0 Å². The Morgan fingerprint density at radius 1 is 1.50 bits per heavy atom. The van der Waals surface area contributed by atoms with E-state index in [1.807, 2.05) is 0 Å². The molecule has 0 spiro atoms. The monoisotopic (exact) mass is 185 g/mol. The van der Waals surface area contributed by atoms with E-state index >= 15 is 0 Å². The zero-order valence-corrected chi connectivity index (χ0v) is 7.43. The zero-order valence-electron chi connectivity index (χ0n) is 6.61. The van der Waals surface area contributed by atoms with Crippen LogP contribution in [0.5, 0.6) is 0 Å². The Morgan fingerprint density at radius 2 is 2.17 bits per heavy atom. The second-order valence-corrected chi connectivity index (χ2v) is 4.42. The molecule has 12 heavy (non-hydrogen) atoms. The molecule has 0 aliphatic heterocycles. The maximum atomic E-state index is 10.9. The highest BCUT2D eigenvalue weighted by atomic mass is 32.2. The molecule has 0 aliphatic carbocycles. The maximum Gasteiger partial charge on any atom is 0.192 e. The van der Waals surface area contributed by atoms with Crippen molar-refractivity contribution in [1.82, 2.24) is 10.7 Å². The lowest BCUT2D eigenvalue weighted by atomic mass is 10.3. The van der Waals surface area contributed by atoms with E-state index in [0.717, 1.165) is 6.26 Å². The normalized spacial score (nSPS) is 11.5. The van der Waals surface area contributed by atoms with Gasteiger partial charge in [0.1, 0.15) is 0 Å². The highest BCUT2D eigenvalue weighted by Gasteiger charge is 2.06. The average Bonchev–Trinajstić information content (AvgIpc) is 2.03. The Morgan fingerprint density at radius 3 is 2.50 bits per heavy atom. The summed E-state index contributed by atoms with van der Waals surface area (Å²) in [6.45, 7) is 0.122. The van der Waals surface area contributed by atoms with Crippen LogP contribution in [-0.4, -0.2) is 19.7 Å². The molecule has 1 radical (unpaired) electrons. The van der Waals surface area contributed by atoms with Crippen molar-refractivity contribution in [3.8, 4) is 0 Å². The van der Waals surface area contributed by atoms with Gasteiger partial charge in [0.2, 0.25) is 0 Å². The number of hydrogen-bond acceptors (Lipinski definition) is 3. The van der Waals surface area contributed by atoms with E-state index < -0.39 is 9.84 Å². The third kappa shape index (κ3) is 2.02. The van der Waals surface area contributed by atoms with Crippen molar-refractivity contribution in [2.45, 2.75) is 11.6 Å². The highest BCUT2D eigenvalue weighted by molar-refractivity contribution is 7.90. The van der Waals surface area contributed by atoms with Gasteiger partial charge in [-0.1, -0.05) is 6.07 Å². The van der Waals surface area contributed by atoms with E-state index in [0.29, 0.717) is 5.56 Å². The van der Waals surface area contributed by atoms with Gasteiger partial charge < -0.3 is 0 Å². The predicted octanol–water partition coefficient (Wildman–Crippen LogP) is 0.268. The predicted molar refractivity (Wildman–Crippen MR) is 44.1 cm³/mol. The van der Waals surface area contributed by atoms with Gasteiger partial charge >= 0.3 is 0 Å². The largest absolute Gasteiger partial charge is 0.253 e. The Kier molecular flexibility index (Phi) is 2.44. The van der Waals surface area contributed by atoms with Crippen LogP contribution in [0, 0.1) is 0 Å². The van der Waals surface area contributed by atoms with Gasteiger partial charge in [0.25, 0.3) is 0 Å². The number of rotatable bonds is 2. The van der Waals surface area contributed by atoms with Crippen LogP contribution in [0.3, 0.4) is 0 Å². The summed E-state index contributed by atoms with van der Waals surface area (Å²) in [5.41, 5.74) is 7.69. The average molecular weight is 185 g/mol. The lowest BCUT2D eigenvalue weighted by Gasteiger charge is -1.97. The van der Waals surface area contributed by atoms with Crippen molar-refractivity contribution in [1.29, 1.82) is 0 Å². The molecule has 0 atom stereocenters. The number of hydrogen-bond donors (Lipinski definition) is 0. The third-order valence-electron chi connectivity index (χ3n) is 1.38. The molecule has 1 aromatic rings. The minimum atomic E-state index is -3.20. The van der Waals surface area contributed by atoms with Crippen LogP contribution in [0.2, 0.25) is 0 Å². The second kappa shape index (κ2) is 3.20. The molecule has 1 rings (SSSR count). The summed E-state index contributed by atoms with van der Waals surface area (Å²) >= 11 is 0. The van der Waals surface area contributed by atoms with Crippen molar-refractivity contribution < 1.29 is 8.42 Å². The molecule has 1 N–H and O–H groups in total. The van der Waals surface area contributed by atoms with E-state index in [1.54, 1.807) is 6.07 Å². The minimum Gasteiger partial charge on any atom is -0.253 e. The number of sulfone groups is 1. The number of pyridine rings is 1. The van der Waals surface area contributed by atoms with Crippen molar-refractivity contribution in [2.24, 2.45) is 0 Å². The van der Waals surface area contributed by atoms with Gasteiger partial charge in [-0.3, -0.25) is 5.73 Å². The van der Waals surface area contributed by atoms with Crippen LogP contribution in [-0.2, 0) is 16.4 Å². The first-order chi connectivity index (χ1) is 5.54. The Hall–Kier alpha value is -0.940. The summed E-state index contributed by atoms with van der Waals surface area (Å²) in [7, 11) is -3.20. The van der Waals surface area contributed by atoms with Crippen LogP contribution < -0.4 is 5.73 Å². The van der Waals surface area contributed by atoms with Gasteiger partial charge in [0, 0.05) is 19.0 Å². The van der Waals surface area contributed by atoms with Crippen molar-refractivity contribution in [3.63, 3.8) is 0 Å². The lowest BCUT2D eigenvalue weighted by molar-refractivity contribution is 0.598. The van der Waals surface area contributed by atoms with Crippen molar-refractivity contribution >= 4 is 9.84 Å². The summed E-state index contributed by atoms with van der Waals surface area (Å²) in [6.07, 6.45) is 2.51. The molecular weight excluding hydrogens is 176 g/mol. The van der Waals surface area contributed by atoms with Crippen molar-refractivity contribution in [2.75, 3.05) is 6.26 Å². The van der Waals surface area contributed by atoms with Gasteiger partial charge in [0.15, 0.2) is 14.9 Å². The third-order valence-corrected chi connectivity index (χ3v) is 2.38. The van der Waals surface area contributed by atoms with Crippen LogP contribution in [0.25, 0.3) is 0 Å². The van der Waals surface area contributed by atoms with Gasteiger partial charge in [-0.2, -0.15) is 0 Å². The topological polar surface area (TPSA) is 70.8 Å². The molecular formula is C7H9N2O2S. The molecule has 1 aromatic heterocycles. The fourth-order valence-electron chi connectivity index (χ4n) is 0.735. The van der Waals surface area contributed by atoms with E-state index in [4.69, 9.17) is 5.73 Å². The number of nitrogens with zero attached hydrogens (tertiary/aromatic N) is 1. The molecule has 4 nitrogen and oxygen atoms in total. The van der Waals surface area contributed by atoms with Crippen LogP contribution in [0.15, 0.2) is 23.4 Å². The minimum absolute atomic E-state index is 0.0553. The Bertz CT molecular complexity index is 355. The molecule has 0 fully saturated rings. The van der Waals surface area contributed by atoms with E-state index in [1.165, 1.54) is 12.3 Å². The molecule has 0 amide bonds. The molecule has 0 bridgehead atoms. The first kappa shape index (κ1) is 9.15. The molecule has 65 valence electrons. The first-order valence-electron chi connectivity index (χ1n) is 3.33. The summed E-state index contributed by atoms with van der Waals surface area (Å²) in [6, 6.07) is 3.01. The summed E-state index contributed by atoms with van der Waals surface area (Å²) < 4.78 is 21.8. The van der Waals surface area contributed by atoms with Crippen LogP contribution in [0.1, 0.15) is 5.56 Å². The summed E-state index contributed by atoms with van der Waals surface area (Å²) in [5.74, 6) is 0. The fourth-order valence-corrected chi connectivity index (χ4v) is 1.29. The Balaban J connectivity index is 3.09. The molecule has 1 heterocycles. The molecule has 5 heteroatoms. The fraction of sp³-hybridized carbons (Fsp3) is 0.286. The summed E-state index contributed by atoms with van der Waals surface area (Å²) in [5, 5.41) is 0.0553. The smallest absolute Gasteiger partial charge is 0.192 e. The standard InChI is InChI=1S/C7H9N2O2S/c1-12(10,11)7-3-2-6(4-8)5-9-7/h2-3,5,8H,4H2,1H3. The molecule has 0 aliphatic rings. The lowest BCUT2D eigenvalue weighted by Crippen LogP contribution is -2.00. The van der Waals surface area contributed by atoms with E-state index in [2.05, 4.69) is 4.98 Å². The van der Waals surface area contributed by atoms with Crippen molar-refractivity contribution in [3.05, 3.63) is 23.9 Å². The maximum absolute atomic E-state index is 10.9. The summed E-state index contributed by atoms with van der Waals surface area (Å²) in [4.78, 5) is 3.71. The van der Waals surface area contributed by atoms with E-state index in [-0.39, 0.29) is 11.6 Å². The van der Waals surface area contributed by atoms with Gasteiger partial charge in [0.05, 0.1) is 0 Å². The van der Waals surface area contributed by atoms with Crippen LogP contribution in [0.4, 0.5) is 0 Å². The quantitative estimate of drug-likeness (QED) is 0.663. The van der Waals surface area contributed by atoms with Gasteiger partial charge in [-0.15, -0.1) is 0 Å². The number of nitrogens with one attached hydrogen (secondary N) is 1. The zero-order chi connectivity index (χ0) is 9.19. The molecule has 0 saturated heterocycles. The second-order valence-electron chi connectivity index (χ2n) is 2.45. The van der Waals surface area contributed by atoms with Gasteiger partial charge in [-0.05, 0) is 11.6 Å². The first-order valence-corrected chi connectivity index (χ1v) is 5.23. The molecule has 0 saturated carbocycles. The van der Waals surface area contributed by atoms with E-state index in [9.17, 15) is 8.42 Å². The van der Waals surface area contributed by atoms with Gasteiger partial charge in [-0.25, -0.2) is 13.4 Å². The Labute approximate surface area is 71.3 Å². The molecule has 0 aromatic carbocycles. The molecule has 0 unspecified atom stereocenters. The number of aromatic nitrogens is 1. The highest BCUT2D eigenvalue weighted by Crippen LogP contribution is 2.05.